The predicted octanol–water partition coefficient (Wildman–Crippen LogP) is 2.89. The summed E-state index contributed by atoms with van der Waals surface area (Å²) in [6.07, 6.45) is 1.37. The largest absolute Gasteiger partial charge is 0.394 e. The first-order chi connectivity index (χ1) is 14.1. The minimum atomic E-state index is -1.08. The Morgan fingerprint density at radius 1 is 1.07 bits per heavy atom. The first-order valence-electron chi connectivity index (χ1n) is 8.92. The van der Waals surface area contributed by atoms with E-state index in [1.165, 1.54) is 24.4 Å². The Kier molecular flexibility index (Phi) is 4.79. The third-order valence-corrected chi connectivity index (χ3v) is 5.02. The van der Waals surface area contributed by atoms with E-state index < -0.39 is 23.3 Å². The van der Waals surface area contributed by atoms with E-state index in [0.717, 1.165) is 0 Å². The maximum absolute atomic E-state index is 13.6. The third-order valence-electron chi connectivity index (χ3n) is 5.02. The molecule has 0 radical (unpaired) electrons. The van der Waals surface area contributed by atoms with E-state index in [1.54, 1.807) is 42.5 Å². The zero-order valence-corrected chi connectivity index (χ0v) is 15.2. The Labute approximate surface area is 166 Å². The van der Waals surface area contributed by atoms with Gasteiger partial charge < -0.3 is 10.4 Å². The second kappa shape index (κ2) is 7.41. The molecule has 1 aromatic heterocycles. The molecule has 0 saturated heterocycles. The Morgan fingerprint density at radius 3 is 2.48 bits per heavy atom. The monoisotopic (exact) mass is 390 g/mol. The number of hydrogen-bond acceptors (Lipinski definition) is 5. The molecule has 29 heavy (non-hydrogen) atoms. The molecule has 0 saturated carbocycles. The van der Waals surface area contributed by atoms with Gasteiger partial charge >= 0.3 is 0 Å². The van der Waals surface area contributed by atoms with Crippen molar-refractivity contribution in [1.29, 1.82) is 5.26 Å². The van der Waals surface area contributed by atoms with Crippen molar-refractivity contribution < 1.29 is 13.9 Å². The van der Waals surface area contributed by atoms with Crippen LogP contribution in [-0.4, -0.2) is 28.6 Å². The standard InChI is InChI=1S/C22H16F2N4O/c23-18-7-4-16(5-8-18)22(17-6-9-20(24)26-12-17)19(13-29)27-21(28-22)15-3-1-2-14(10-15)11-25/h1-10,12,19,29H,13H2,(H,27,28)/t19-,22?/m0/s1. The third kappa shape index (κ3) is 3.24. The van der Waals surface area contributed by atoms with Crippen molar-refractivity contribution in [1.82, 2.24) is 10.3 Å². The molecule has 1 aliphatic rings. The molecule has 7 heteroatoms. The average Bonchev–Trinajstić information content (AvgIpc) is 3.15. The van der Waals surface area contributed by atoms with Crippen molar-refractivity contribution in [2.75, 3.05) is 6.61 Å². The number of nitrogens with zero attached hydrogens (tertiary/aromatic N) is 3. The van der Waals surface area contributed by atoms with Crippen LogP contribution in [0.4, 0.5) is 8.78 Å². The SMILES string of the molecule is N#Cc1cccc(C2=N[C@@H](CO)C(c3ccc(F)cc3)(c3ccc(F)nc3)N2)c1. The average molecular weight is 390 g/mol. The van der Waals surface area contributed by atoms with Gasteiger partial charge in [-0.15, -0.1) is 0 Å². The Hall–Kier alpha value is -3.63. The summed E-state index contributed by atoms with van der Waals surface area (Å²) < 4.78 is 27.0. The van der Waals surface area contributed by atoms with Crippen molar-refractivity contribution in [2.45, 2.75) is 11.6 Å². The number of halogens is 2. The number of hydrogen-bond donors (Lipinski definition) is 2. The smallest absolute Gasteiger partial charge is 0.212 e. The molecule has 3 aromatic rings. The molecule has 4 rings (SSSR count). The molecule has 1 aliphatic heterocycles. The van der Waals surface area contributed by atoms with Crippen LogP contribution < -0.4 is 5.32 Å². The van der Waals surface area contributed by atoms with Gasteiger partial charge in [-0.1, -0.05) is 30.3 Å². The molecule has 0 spiro atoms. The lowest BCUT2D eigenvalue weighted by atomic mass is 9.78. The Balaban J connectivity index is 1.87. The van der Waals surface area contributed by atoms with Crippen LogP contribution in [0.1, 0.15) is 22.3 Å². The van der Waals surface area contributed by atoms with Gasteiger partial charge in [-0.2, -0.15) is 9.65 Å². The van der Waals surface area contributed by atoms with Crippen LogP contribution in [0.2, 0.25) is 0 Å². The molecule has 2 N–H and O–H groups in total. The second-order valence-electron chi connectivity index (χ2n) is 6.68. The van der Waals surface area contributed by atoms with E-state index in [-0.39, 0.29) is 6.61 Å². The predicted molar refractivity (Wildman–Crippen MR) is 103 cm³/mol. The fourth-order valence-corrected chi connectivity index (χ4v) is 3.63. The molecule has 2 heterocycles. The van der Waals surface area contributed by atoms with Crippen LogP contribution in [0.3, 0.4) is 0 Å². The lowest BCUT2D eigenvalue weighted by Crippen LogP contribution is -2.50. The van der Waals surface area contributed by atoms with Gasteiger partial charge in [-0.25, -0.2) is 9.37 Å². The Morgan fingerprint density at radius 2 is 1.83 bits per heavy atom. The molecule has 5 nitrogen and oxygen atoms in total. The highest BCUT2D eigenvalue weighted by molar-refractivity contribution is 6.01. The summed E-state index contributed by atoms with van der Waals surface area (Å²) in [4.78, 5) is 8.38. The summed E-state index contributed by atoms with van der Waals surface area (Å²) in [6, 6.07) is 16.9. The molecule has 0 aliphatic carbocycles. The van der Waals surface area contributed by atoms with E-state index >= 15 is 0 Å². The summed E-state index contributed by atoms with van der Waals surface area (Å²) in [5.41, 5.74) is 1.26. The highest BCUT2D eigenvalue weighted by Gasteiger charge is 2.47. The number of aliphatic hydroxyl groups is 1. The van der Waals surface area contributed by atoms with Crippen molar-refractivity contribution in [3.05, 3.63) is 101 Å². The van der Waals surface area contributed by atoms with Crippen LogP contribution in [0, 0.1) is 23.1 Å². The van der Waals surface area contributed by atoms with E-state index in [4.69, 9.17) is 0 Å². The van der Waals surface area contributed by atoms with Crippen molar-refractivity contribution in [3.8, 4) is 6.07 Å². The zero-order chi connectivity index (χ0) is 20.4. The number of benzene rings is 2. The van der Waals surface area contributed by atoms with Crippen molar-refractivity contribution >= 4 is 5.84 Å². The summed E-state index contributed by atoms with van der Waals surface area (Å²) in [7, 11) is 0. The molecule has 0 fully saturated rings. The summed E-state index contributed by atoms with van der Waals surface area (Å²) in [5, 5.41) is 22.7. The topological polar surface area (TPSA) is 81.3 Å². The highest BCUT2D eigenvalue weighted by atomic mass is 19.1. The lowest BCUT2D eigenvalue weighted by Gasteiger charge is -2.35. The van der Waals surface area contributed by atoms with Crippen LogP contribution in [-0.2, 0) is 5.54 Å². The number of aliphatic hydroxyl groups excluding tert-OH is 1. The second-order valence-corrected chi connectivity index (χ2v) is 6.68. The number of nitriles is 1. The van der Waals surface area contributed by atoms with Gasteiger partial charge in [0.15, 0.2) is 0 Å². The first-order valence-corrected chi connectivity index (χ1v) is 8.92. The summed E-state index contributed by atoms with van der Waals surface area (Å²) in [5.74, 6) is -0.568. The quantitative estimate of drug-likeness (QED) is 0.672. The Bertz CT molecular complexity index is 1060. The molecule has 0 bridgehead atoms. The van der Waals surface area contributed by atoms with Crippen LogP contribution in [0.15, 0.2) is 71.9 Å². The number of nitrogens with one attached hydrogen (secondary N) is 1. The minimum absolute atomic E-state index is 0.316. The number of aromatic nitrogens is 1. The number of amidine groups is 1. The maximum atomic E-state index is 13.6. The van der Waals surface area contributed by atoms with Gasteiger partial charge in [-0.3, -0.25) is 4.99 Å². The van der Waals surface area contributed by atoms with Gasteiger partial charge in [-0.05, 0) is 35.9 Å². The minimum Gasteiger partial charge on any atom is -0.394 e. The van der Waals surface area contributed by atoms with Gasteiger partial charge in [0.2, 0.25) is 5.95 Å². The maximum Gasteiger partial charge on any atom is 0.212 e. The van der Waals surface area contributed by atoms with Gasteiger partial charge in [0.05, 0.1) is 18.2 Å². The van der Waals surface area contributed by atoms with Crippen LogP contribution in [0.25, 0.3) is 0 Å². The van der Waals surface area contributed by atoms with Crippen LogP contribution in [0.5, 0.6) is 0 Å². The summed E-state index contributed by atoms with van der Waals surface area (Å²) >= 11 is 0. The number of pyridine rings is 1. The summed E-state index contributed by atoms with van der Waals surface area (Å²) in [6.45, 7) is -0.316. The van der Waals surface area contributed by atoms with Crippen molar-refractivity contribution in [2.24, 2.45) is 4.99 Å². The lowest BCUT2D eigenvalue weighted by molar-refractivity contribution is 0.225. The van der Waals surface area contributed by atoms with E-state index in [2.05, 4.69) is 21.4 Å². The molecule has 1 unspecified atom stereocenters. The first kappa shape index (κ1) is 18.7. The van der Waals surface area contributed by atoms with Gasteiger partial charge in [0.1, 0.15) is 23.2 Å². The van der Waals surface area contributed by atoms with E-state index in [0.29, 0.717) is 28.1 Å². The molecule has 0 amide bonds. The number of aliphatic imine (C=N–C) groups is 1. The molecule has 2 atom stereocenters. The zero-order valence-electron chi connectivity index (χ0n) is 15.2. The van der Waals surface area contributed by atoms with Crippen LogP contribution >= 0.6 is 0 Å². The fraction of sp³-hybridized carbons (Fsp3) is 0.136. The van der Waals surface area contributed by atoms with Gasteiger partial charge in [0, 0.05) is 17.3 Å². The van der Waals surface area contributed by atoms with E-state index in [9.17, 15) is 19.1 Å². The molecular formula is C22H16F2N4O. The van der Waals surface area contributed by atoms with E-state index in [1.807, 2.05) is 0 Å². The van der Waals surface area contributed by atoms with Crippen molar-refractivity contribution in [3.63, 3.8) is 0 Å². The fourth-order valence-electron chi connectivity index (χ4n) is 3.63. The highest BCUT2D eigenvalue weighted by Crippen LogP contribution is 2.38. The molecule has 2 aromatic carbocycles. The number of rotatable bonds is 4. The molecule has 144 valence electrons. The molecular weight excluding hydrogens is 374 g/mol. The normalized spacial score (nSPS) is 20.6. The van der Waals surface area contributed by atoms with Gasteiger partial charge in [0.25, 0.3) is 0 Å².